The van der Waals surface area contributed by atoms with E-state index in [-0.39, 0.29) is 0 Å². The molecule has 2 nitrogen and oxygen atoms in total. The molecule has 2 aromatic carbocycles. The highest BCUT2D eigenvalue weighted by molar-refractivity contribution is 8.00. The largest absolute Gasteiger partial charge is 0.320 e. The molecule has 1 N–H and O–H groups in total. The summed E-state index contributed by atoms with van der Waals surface area (Å²) in [5.74, 6) is -2.00. The van der Waals surface area contributed by atoms with E-state index in [4.69, 9.17) is 0 Å². The van der Waals surface area contributed by atoms with Gasteiger partial charge in [-0.1, -0.05) is 23.8 Å². The van der Waals surface area contributed by atoms with Gasteiger partial charge >= 0.3 is 0 Å². The smallest absolute Gasteiger partial charge is 0.237 e. The minimum atomic E-state index is -0.782. The number of nitrogens with one attached hydrogen (secondary N) is 1. The van der Waals surface area contributed by atoms with Crippen LogP contribution in [0.3, 0.4) is 0 Å². The molecule has 0 aliphatic rings. The van der Waals surface area contributed by atoms with Gasteiger partial charge < -0.3 is 5.32 Å². The van der Waals surface area contributed by atoms with Crippen molar-refractivity contribution in [3.05, 3.63) is 59.7 Å². The number of aryl methyl sites for hydroxylation is 1. The Morgan fingerprint density at radius 1 is 1.10 bits per heavy atom. The van der Waals surface area contributed by atoms with E-state index in [1.54, 1.807) is 6.92 Å². The number of carbonyl (C=O) groups excluding carboxylic acids is 1. The quantitative estimate of drug-likeness (QED) is 0.849. The SMILES string of the molecule is Cc1ccc(S[C@H](C)C(=O)Nc2c(F)cccc2F)cc1. The van der Waals surface area contributed by atoms with Gasteiger partial charge in [-0.3, -0.25) is 4.79 Å². The van der Waals surface area contributed by atoms with E-state index in [2.05, 4.69) is 5.32 Å². The van der Waals surface area contributed by atoms with Crippen LogP contribution in [-0.2, 0) is 4.79 Å². The highest BCUT2D eigenvalue weighted by Gasteiger charge is 2.18. The van der Waals surface area contributed by atoms with Crippen LogP contribution in [0.5, 0.6) is 0 Å². The lowest BCUT2D eigenvalue weighted by Crippen LogP contribution is -2.23. The van der Waals surface area contributed by atoms with Crippen molar-refractivity contribution in [3.63, 3.8) is 0 Å². The minimum Gasteiger partial charge on any atom is -0.320 e. The zero-order valence-corrected chi connectivity index (χ0v) is 12.5. The van der Waals surface area contributed by atoms with Gasteiger partial charge in [-0.25, -0.2) is 8.78 Å². The second-order valence-corrected chi connectivity index (χ2v) is 6.07. The number of anilines is 1. The van der Waals surface area contributed by atoms with Gasteiger partial charge in [0.25, 0.3) is 0 Å². The van der Waals surface area contributed by atoms with Crippen LogP contribution in [-0.4, -0.2) is 11.2 Å². The van der Waals surface area contributed by atoms with Gasteiger partial charge in [0.15, 0.2) is 0 Å². The van der Waals surface area contributed by atoms with Gasteiger partial charge in [-0.15, -0.1) is 11.8 Å². The van der Waals surface area contributed by atoms with Crippen molar-refractivity contribution in [2.45, 2.75) is 24.0 Å². The van der Waals surface area contributed by atoms with Gasteiger partial charge in [-0.05, 0) is 38.1 Å². The zero-order chi connectivity index (χ0) is 15.4. The van der Waals surface area contributed by atoms with Crippen molar-refractivity contribution in [2.75, 3.05) is 5.32 Å². The second-order valence-electron chi connectivity index (χ2n) is 4.66. The van der Waals surface area contributed by atoms with Gasteiger partial charge in [-0.2, -0.15) is 0 Å². The Morgan fingerprint density at radius 2 is 1.67 bits per heavy atom. The minimum absolute atomic E-state index is 0.404. The molecule has 0 heterocycles. The lowest BCUT2D eigenvalue weighted by Gasteiger charge is -2.13. The topological polar surface area (TPSA) is 29.1 Å². The first-order valence-corrected chi connectivity index (χ1v) is 7.33. The maximum absolute atomic E-state index is 13.5. The molecule has 0 aliphatic heterocycles. The average Bonchev–Trinajstić information content (AvgIpc) is 2.45. The number of thioether (sulfide) groups is 1. The Labute approximate surface area is 126 Å². The summed E-state index contributed by atoms with van der Waals surface area (Å²) in [6.45, 7) is 3.67. The van der Waals surface area contributed by atoms with Crippen molar-refractivity contribution >= 4 is 23.4 Å². The second kappa shape index (κ2) is 6.72. The Bertz CT molecular complexity index is 623. The van der Waals surface area contributed by atoms with Gasteiger partial charge in [0.2, 0.25) is 5.91 Å². The number of amides is 1. The maximum atomic E-state index is 13.5. The van der Waals surface area contributed by atoms with Crippen LogP contribution in [0.2, 0.25) is 0 Å². The normalized spacial score (nSPS) is 12.0. The Kier molecular flexibility index (Phi) is 4.96. The number of halogens is 2. The summed E-state index contributed by atoms with van der Waals surface area (Å²) in [5.41, 5.74) is 0.726. The van der Waals surface area contributed by atoms with Gasteiger partial charge in [0.05, 0.1) is 5.25 Å². The lowest BCUT2D eigenvalue weighted by atomic mass is 10.2. The molecule has 0 saturated heterocycles. The zero-order valence-electron chi connectivity index (χ0n) is 11.7. The number of hydrogen-bond acceptors (Lipinski definition) is 2. The fraction of sp³-hybridized carbons (Fsp3) is 0.188. The summed E-state index contributed by atoms with van der Waals surface area (Å²) in [7, 11) is 0. The molecule has 1 amide bonds. The number of rotatable bonds is 4. The van der Waals surface area contributed by atoms with E-state index in [1.165, 1.54) is 17.8 Å². The first-order valence-electron chi connectivity index (χ1n) is 6.45. The van der Waals surface area contributed by atoms with E-state index < -0.39 is 28.5 Å². The fourth-order valence-electron chi connectivity index (χ4n) is 1.72. The third-order valence-electron chi connectivity index (χ3n) is 2.91. The van der Waals surface area contributed by atoms with Crippen molar-refractivity contribution in [1.29, 1.82) is 0 Å². The average molecular weight is 307 g/mol. The van der Waals surface area contributed by atoms with Crippen LogP contribution in [0.1, 0.15) is 12.5 Å². The van der Waals surface area contributed by atoms with Crippen LogP contribution < -0.4 is 5.32 Å². The molecular formula is C16H15F2NOS. The predicted molar refractivity (Wildman–Crippen MR) is 81.5 cm³/mol. The van der Waals surface area contributed by atoms with Crippen molar-refractivity contribution in [2.24, 2.45) is 0 Å². The van der Waals surface area contributed by atoms with Crippen molar-refractivity contribution < 1.29 is 13.6 Å². The molecule has 0 spiro atoms. The highest BCUT2D eigenvalue weighted by Crippen LogP contribution is 2.25. The molecule has 21 heavy (non-hydrogen) atoms. The lowest BCUT2D eigenvalue weighted by molar-refractivity contribution is -0.115. The standard InChI is InChI=1S/C16H15F2NOS/c1-10-6-8-12(9-7-10)21-11(2)16(20)19-15-13(17)4-3-5-14(15)18/h3-9,11H,1-2H3,(H,19,20)/t11-/m1/s1. The van der Waals surface area contributed by atoms with E-state index in [0.717, 1.165) is 22.6 Å². The fourth-order valence-corrected chi connectivity index (χ4v) is 2.58. The molecule has 0 radical (unpaired) electrons. The number of para-hydroxylation sites is 1. The molecular weight excluding hydrogens is 292 g/mol. The molecule has 0 bridgehead atoms. The van der Waals surface area contributed by atoms with Gasteiger partial charge in [0, 0.05) is 4.90 Å². The van der Waals surface area contributed by atoms with Crippen LogP contribution in [0.25, 0.3) is 0 Å². The number of hydrogen-bond donors (Lipinski definition) is 1. The molecule has 0 aliphatic carbocycles. The molecule has 2 aromatic rings. The van der Waals surface area contributed by atoms with E-state index >= 15 is 0 Å². The van der Waals surface area contributed by atoms with Crippen LogP contribution in [0.15, 0.2) is 47.4 Å². The molecule has 110 valence electrons. The summed E-state index contributed by atoms with van der Waals surface area (Å²) in [4.78, 5) is 13.0. The summed E-state index contributed by atoms with van der Waals surface area (Å²) in [5, 5.41) is 1.83. The third kappa shape index (κ3) is 4.04. The first-order chi connectivity index (χ1) is 9.97. The molecule has 0 aromatic heterocycles. The first kappa shape index (κ1) is 15.5. The van der Waals surface area contributed by atoms with Crippen molar-refractivity contribution in [1.82, 2.24) is 0 Å². The van der Waals surface area contributed by atoms with Crippen LogP contribution >= 0.6 is 11.8 Å². The number of carbonyl (C=O) groups is 1. The highest BCUT2D eigenvalue weighted by atomic mass is 32.2. The predicted octanol–water partition coefficient (Wildman–Crippen LogP) is 4.39. The van der Waals surface area contributed by atoms with E-state index in [1.807, 2.05) is 31.2 Å². The molecule has 0 saturated carbocycles. The summed E-state index contributed by atoms with van der Waals surface area (Å²) in [6.07, 6.45) is 0. The summed E-state index contributed by atoms with van der Waals surface area (Å²) < 4.78 is 27.0. The van der Waals surface area contributed by atoms with E-state index in [0.29, 0.717) is 0 Å². The molecule has 0 unspecified atom stereocenters. The molecule has 0 fully saturated rings. The summed E-state index contributed by atoms with van der Waals surface area (Å²) in [6, 6.07) is 11.2. The Balaban J connectivity index is 2.04. The van der Waals surface area contributed by atoms with Crippen molar-refractivity contribution in [3.8, 4) is 0 Å². The summed E-state index contributed by atoms with van der Waals surface area (Å²) >= 11 is 1.33. The molecule has 2 rings (SSSR count). The Hall–Kier alpha value is -1.88. The van der Waals surface area contributed by atoms with Gasteiger partial charge in [0.1, 0.15) is 17.3 Å². The van der Waals surface area contributed by atoms with Crippen LogP contribution in [0, 0.1) is 18.6 Å². The Morgan fingerprint density at radius 3 is 2.24 bits per heavy atom. The molecule has 5 heteroatoms. The van der Waals surface area contributed by atoms with E-state index in [9.17, 15) is 13.6 Å². The third-order valence-corrected chi connectivity index (χ3v) is 4.03. The molecule has 1 atom stereocenters. The monoisotopic (exact) mass is 307 g/mol. The maximum Gasteiger partial charge on any atom is 0.237 e. The number of benzene rings is 2. The van der Waals surface area contributed by atoms with Crippen LogP contribution in [0.4, 0.5) is 14.5 Å².